The van der Waals surface area contributed by atoms with E-state index in [0.29, 0.717) is 6.42 Å². The van der Waals surface area contributed by atoms with Crippen LogP contribution in [0.15, 0.2) is 41.6 Å². The van der Waals surface area contributed by atoms with E-state index in [0.717, 1.165) is 28.1 Å². The van der Waals surface area contributed by atoms with Crippen LogP contribution in [-0.4, -0.2) is 16.1 Å². The highest BCUT2D eigenvalue weighted by molar-refractivity contribution is 8.03. The van der Waals surface area contributed by atoms with Gasteiger partial charge in [0.05, 0.1) is 18.0 Å². The van der Waals surface area contributed by atoms with Gasteiger partial charge in [-0.15, -0.1) is 17.3 Å². The van der Waals surface area contributed by atoms with E-state index >= 15 is 0 Å². The van der Waals surface area contributed by atoms with Gasteiger partial charge >= 0.3 is 0 Å². The summed E-state index contributed by atoms with van der Waals surface area (Å²) in [4.78, 5) is 0. The molecule has 0 unspecified atom stereocenters. The normalized spacial score (nSPS) is 14.6. The molecule has 1 aromatic carbocycles. The van der Waals surface area contributed by atoms with Crippen molar-refractivity contribution in [1.82, 2.24) is 10.7 Å². The van der Waals surface area contributed by atoms with Gasteiger partial charge in [-0.3, -0.25) is 5.21 Å². The molecule has 0 aromatic heterocycles. The van der Waals surface area contributed by atoms with Crippen molar-refractivity contribution in [3.63, 3.8) is 0 Å². The lowest BCUT2D eigenvalue weighted by Crippen LogP contribution is -2.38. The maximum absolute atomic E-state index is 9.47. The summed E-state index contributed by atoms with van der Waals surface area (Å²) >= 11 is 1.60. The predicted molar refractivity (Wildman–Crippen MR) is 71.1 cm³/mol. The Kier molecular flexibility index (Phi) is 4.47. The highest BCUT2D eigenvalue weighted by atomic mass is 32.2. The zero-order valence-electron chi connectivity index (χ0n) is 9.78. The summed E-state index contributed by atoms with van der Waals surface area (Å²) in [5.74, 6) is 0.845. The van der Waals surface area contributed by atoms with Crippen molar-refractivity contribution in [2.24, 2.45) is 0 Å². The highest BCUT2D eigenvalue weighted by Crippen LogP contribution is 2.29. The molecule has 1 aliphatic heterocycles. The first-order valence-electron chi connectivity index (χ1n) is 5.62. The number of nitrogens with zero attached hydrogens (tertiary/aromatic N) is 3. The molecule has 0 aliphatic carbocycles. The lowest BCUT2D eigenvalue weighted by molar-refractivity contribution is -0.0791. The molecule has 6 heteroatoms. The number of nitrogens with one attached hydrogen (secondary N) is 1. The van der Waals surface area contributed by atoms with Crippen molar-refractivity contribution in [3.8, 4) is 6.07 Å². The topological polar surface area (TPSA) is 62.5 Å². The van der Waals surface area contributed by atoms with Crippen LogP contribution in [0.3, 0.4) is 0 Å². The minimum atomic E-state index is 0.557. The Morgan fingerprint density at radius 1 is 1.33 bits per heavy atom. The van der Waals surface area contributed by atoms with E-state index in [1.54, 1.807) is 23.0 Å². The summed E-state index contributed by atoms with van der Waals surface area (Å²) in [6, 6.07) is 11.9. The third-order valence-corrected chi connectivity index (χ3v) is 3.43. The Morgan fingerprint density at radius 3 is 2.83 bits per heavy atom. The quantitative estimate of drug-likeness (QED) is 0.795. The molecule has 2 N–H and O–H groups in total. The summed E-state index contributed by atoms with van der Waals surface area (Å²) in [6.45, 7) is 0. The van der Waals surface area contributed by atoms with Gasteiger partial charge in [-0.05, 0) is 18.6 Å². The van der Waals surface area contributed by atoms with Crippen LogP contribution in [0.1, 0.15) is 12.8 Å². The predicted octanol–water partition coefficient (Wildman–Crippen LogP) is 2.45. The van der Waals surface area contributed by atoms with Crippen molar-refractivity contribution < 1.29 is 5.21 Å². The second kappa shape index (κ2) is 6.31. The molecule has 18 heavy (non-hydrogen) atoms. The number of hydrogen-bond donors (Lipinski definition) is 2. The van der Waals surface area contributed by atoms with Gasteiger partial charge in [0, 0.05) is 12.2 Å². The van der Waals surface area contributed by atoms with E-state index in [9.17, 15) is 5.21 Å². The first kappa shape index (κ1) is 12.8. The Hall–Kier alpha value is -1.68. The number of hydrogen-bond acceptors (Lipinski definition) is 6. The van der Waals surface area contributed by atoms with Crippen LogP contribution in [0.4, 0.5) is 5.69 Å². The third-order valence-electron chi connectivity index (χ3n) is 2.35. The summed E-state index contributed by atoms with van der Waals surface area (Å²) < 4.78 is 0. The number of benzene rings is 1. The van der Waals surface area contributed by atoms with E-state index in [1.807, 2.05) is 30.3 Å². The molecule has 0 saturated heterocycles. The molecular weight excluding hydrogens is 248 g/mol. The van der Waals surface area contributed by atoms with Crippen LogP contribution in [0.2, 0.25) is 0 Å². The van der Waals surface area contributed by atoms with Gasteiger partial charge in [-0.2, -0.15) is 10.4 Å². The summed E-state index contributed by atoms with van der Waals surface area (Å²) in [5, 5.41) is 21.6. The number of thioether (sulfide) groups is 1. The molecule has 5 nitrogen and oxygen atoms in total. The Balaban J connectivity index is 1.99. The third kappa shape index (κ3) is 3.17. The lowest BCUT2D eigenvalue weighted by Gasteiger charge is -2.21. The molecule has 1 heterocycles. The molecule has 2 rings (SSSR count). The maximum atomic E-state index is 9.47. The van der Waals surface area contributed by atoms with Crippen molar-refractivity contribution in [3.05, 3.63) is 41.6 Å². The van der Waals surface area contributed by atoms with Crippen LogP contribution in [0, 0.1) is 11.3 Å². The number of hydrazine groups is 2. The molecule has 0 amide bonds. The van der Waals surface area contributed by atoms with E-state index in [1.165, 1.54) is 0 Å². The van der Waals surface area contributed by atoms with Gasteiger partial charge in [-0.25, -0.2) is 5.01 Å². The SMILES string of the molecule is N#CCCCSC1=CN(O)NN1c1ccccc1. The number of hydroxylamine groups is 1. The Bertz CT molecular complexity index is 457. The van der Waals surface area contributed by atoms with E-state index < -0.39 is 0 Å². The van der Waals surface area contributed by atoms with Crippen molar-refractivity contribution in [2.75, 3.05) is 10.8 Å². The second-order valence-electron chi connectivity index (χ2n) is 3.69. The molecule has 0 spiro atoms. The molecule has 0 saturated carbocycles. The molecule has 1 aliphatic rings. The van der Waals surface area contributed by atoms with Crippen molar-refractivity contribution in [1.29, 1.82) is 5.26 Å². The minimum absolute atomic E-state index is 0.557. The molecule has 0 atom stereocenters. The molecular formula is C12H14N4OS. The van der Waals surface area contributed by atoms with Crippen molar-refractivity contribution in [2.45, 2.75) is 12.8 Å². The Morgan fingerprint density at radius 2 is 2.11 bits per heavy atom. The van der Waals surface area contributed by atoms with Crippen LogP contribution < -0.4 is 10.5 Å². The fourth-order valence-corrected chi connectivity index (χ4v) is 2.48. The number of unbranched alkanes of at least 4 members (excludes halogenated alkanes) is 1. The molecule has 1 aromatic rings. The molecule has 0 radical (unpaired) electrons. The summed E-state index contributed by atoms with van der Waals surface area (Å²) in [7, 11) is 0. The molecule has 0 bridgehead atoms. The smallest absolute Gasteiger partial charge is 0.113 e. The van der Waals surface area contributed by atoms with Crippen LogP contribution >= 0.6 is 11.8 Å². The zero-order chi connectivity index (χ0) is 12.8. The van der Waals surface area contributed by atoms with Gasteiger partial charge in [0.15, 0.2) is 0 Å². The van der Waals surface area contributed by atoms with E-state index in [-0.39, 0.29) is 0 Å². The van der Waals surface area contributed by atoms with Gasteiger partial charge in [0.2, 0.25) is 0 Å². The average Bonchev–Trinajstić information content (AvgIpc) is 2.77. The number of anilines is 1. The van der Waals surface area contributed by atoms with Crippen LogP contribution in [0.5, 0.6) is 0 Å². The average molecular weight is 262 g/mol. The zero-order valence-corrected chi connectivity index (χ0v) is 10.6. The molecule has 0 fully saturated rings. The number of nitriles is 1. The van der Waals surface area contributed by atoms with Crippen LogP contribution in [0.25, 0.3) is 0 Å². The first-order chi connectivity index (χ1) is 8.81. The molecule has 94 valence electrons. The minimum Gasteiger partial charge on any atom is -0.272 e. The lowest BCUT2D eigenvalue weighted by atomic mass is 10.3. The largest absolute Gasteiger partial charge is 0.272 e. The maximum Gasteiger partial charge on any atom is 0.113 e. The first-order valence-corrected chi connectivity index (χ1v) is 6.61. The fourth-order valence-electron chi connectivity index (χ4n) is 1.53. The second-order valence-corrected chi connectivity index (χ2v) is 4.81. The monoisotopic (exact) mass is 262 g/mol. The van der Waals surface area contributed by atoms with Crippen molar-refractivity contribution >= 4 is 17.4 Å². The fraction of sp³-hybridized carbons (Fsp3) is 0.250. The van der Waals surface area contributed by atoms with E-state index in [4.69, 9.17) is 5.26 Å². The van der Waals surface area contributed by atoms with E-state index in [2.05, 4.69) is 11.6 Å². The van der Waals surface area contributed by atoms with Gasteiger partial charge in [0.25, 0.3) is 0 Å². The standard InChI is InChI=1S/C12H14N4OS/c13-8-4-5-9-18-12-10-15(17)14-16(12)11-6-2-1-3-7-11/h1-3,6-7,10,14,17H,4-5,9H2. The Labute approximate surface area is 110 Å². The summed E-state index contributed by atoms with van der Waals surface area (Å²) in [6.07, 6.45) is 3.01. The van der Waals surface area contributed by atoms with Gasteiger partial charge in [-0.1, -0.05) is 18.2 Å². The number of rotatable bonds is 5. The van der Waals surface area contributed by atoms with Gasteiger partial charge < -0.3 is 0 Å². The van der Waals surface area contributed by atoms with Gasteiger partial charge in [0.1, 0.15) is 5.03 Å². The highest BCUT2D eigenvalue weighted by Gasteiger charge is 2.21. The van der Waals surface area contributed by atoms with Crippen LogP contribution in [-0.2, 0) is 0 Å². The number of para-hydroxylation sites is 1. The summed E-state index contributed by atoms with van der Waals surface area (Å²) in [5.41, 5.74) is 3.76.